The van der Waals surface area contributed by atoms with Gasteiger partial charge >= 0.3 is 0 Å². The number of rotatable bonds is 8. The summed E-state index contributed by atoms with van der Waals surface area (Å²) in [5.41, 5.74) is 2.95. The van der Waals surface area contributed by atoms with Crippen LogP contribution in [-0.2, 0) is 22.7 Å². The first-order valence-corrected chi connectivity index (χ1v) is 12.4. The molecule has 1 aliphatic rings. The average molecular weight is 478 g/mol. The number of nitrogens with zero attached hydrogens (tertiary/aromatic N) is 5. The third-order valence-corrected chi connectivity index (χ3v) is 6.75. The predicted octanol–water partition coefficient (Wildman–Crippen LogP) is 3.60. The smallest absolute Gasteiger partial charge is 0.236 e. The summed E-state index contributed by atoms with van der Waals surface area (Å²) in [5.74, 6) is 0.0639. The second-order valence-electron chi connectivity index (χ2n) is 8.63. The zero-order valence-corrected chi connectivity index (χ0v) is 20.6. The molecule has 1 saturated heterocycles. The van der Waals surface area contributed by atoms with Gasteiger partial charge in [0.15, 0.2) is 5.13 Å². The fraction of sp³-hybridized carbons (Fsp3) is 0.346. The summed E-state index contributed by atoms with van der Waals surface area (Å²) in [7, 11) is 1.93. The van der Waals surface area contributed by atoms with E-state index < -0.39 is 0 Å². The van der Waals surface area contributed by atoms with Gasteiger partial charge in [-0.05, 0) is 24.7 Å². The number of amides is 2. The first-order valence-electron chi connectivity index (χ1n) is 11.5. The number of carbonyl (C=O) groups is 2. The van der Waals surface area contributed by atoms with Crippen molar-refractivity contribution in [3.8, 4) is 0 Å². The van der Waals surface area contributed by atoms with Gasteiger partial charge < -0.3 is 4.90 Å². The SMILES string of the molecule is CC(=O)N(c1ccccc1)c1nc(CN(C)CC(=O)N2CCN(Cc3ccccc3)CC2)cs1. The maximum absolute atomic E-state index is 12.8. The first-order chi connectivity index (χ1) is 16.5. The van der Waals surface area contributed by atoms with Gasteiger partial charge in [-0.1, -0.05) is 48.5 Å². The third kappa shape index (κ3) is 6.28. The van der Waals surface area contributed by atoms with E-state index in [0.717, 1.165) is 44.1 Å². The van der Waals surface area contributed by atoms with Gasteiger partial charge in [0.25, 0.3) is 0 Å². The number of likely N-dealkylation sites (N-methyl/N-ethyl adjacent to an activating group) is 1. The standard InChI is InChI=1S/C26H31N5O2S/c1-21(32)31(24-11-7-4-8-12-24)26-27-23(20-34-26)18-28(2)19-25(33)30-15-13-29(14-16-30)17-22-9-5-3-6-10-22/h3-12,20H,13-19H2,1-2H3. The normalized spacial score (nSPS) is 14.4. The predicted molar refractivity (Wildman–Crippen MR) is 136 cm³/mol. The number of thiazole rings is 1. The van der Waals surface area contributed by atoms with E-state index in [-0.39, 0.29) is 11.8 Å². The van der Waals surface area contributed by atoms with Crippen molar-refractivity contribution in [3.05, 3.63) is 77.3 Å². The fourth-order valence-corrected chi connectivity index (χ4v) is 5.01. The van der Waals surface area contributed by atoms with Crippen molar-refractivity contribution in [1.29, 1.82) is 0 Å². The van der Waals surface area contributed by atoms with Crippen molar-refractivity contribution in [2.75, 3.05) is 44.7 Å². The van der Waals surface area contributed by atoms with Gasteiger partial charge in [-0.15, -0.1) is 11.3 Å². The lowest BCUT2D eigenvalue weighted by molar-refractivity contribution is -0.134. The summed E-state index contributed by atoms with van der Waals surface area (Å²) in [6.07, 6.45) is 0. The fourth-order valence-electron chi connectivity index (χ4n) is 4.14. The second kappa shape index (κ2) is 11.4. The molecule has 2 aromatic carbocycles. The van der Waals surface area contributed by atoms with Gasteiger partial charge in [0, 0.05) is 51.6 Å². The van der Waals surface area contributed by atoms with Crippen molar-refractivity contribution < 1.29 is 9.59 Å². The summed E-state index contributed by atoms with van der Waals surface area (Å²) in [6, 6.07) is 20.0. The van der Waals surface area contributed by atoms with E-state index in [4.69, 9.17) is 0 Å². The molecule has 0 radical (unpaired) electrons. The van der Waals surface area contributed by atoms with Crippen molar-refractivity contribution in [1.82, 2.24) is 19.7 Å². The maximum Gasteiger partial charge on any atom is 0.236 e. The monoisotopic (exact) mass is 477 g/mol. The molecule has 0 bridgehead atoms. The van der Waals surface area contributed by atoms with Crippen LogP contribution in [0.3, 0.4) is 0 Å². The van der Waals surface area contributed by atoms with Gasteiger partial charge in [0.2, 0.25) is 11.8 Å². The number of anilines is 2. The van der Waals surface area contributed by atoms with Gasteiger partial charge in [-0.2, -0.15) is 0 Å². The maximum atomic E-state index is 12.8. The Morgan fingerprint density at radius 3 is 2.26 bits per heavy atom. The zero-order chi connectivity index (χ0) is 23.9. The number of para-hydroxylation sites is 1. The lowest BCUT2D eigenvalue weighted by Gasteiger charge is -2.35. The van der Waals surface area contributed by atoms with Crippen molar-refractivity contribution in [2.45, 2.75) is 20.0 Å². The molecule has 4 rings (SSSR count). The van der Waals surface area contributed by atoms with Crippen molar-refractivity contribution in [3.63, 3.8) is 0 Å². The summed E-state index contributed by atoms with van der Waals surface area (Å²) in [5, 5.41) is 2.60. The Hall–Kier alpha value is -3.07. The van der Waals surface area contributed by atoms with Gasteiger partial charge in [-0.3, -0.25) is 24.3 Å². The minimum Gasteiger partial charge on any atom is -0.339 e. The van der Waals surface area contributed by atoms with Crippen LogP contribution in [0.5, 0.6) is 0 Å². The Morgan fingerprint density at radius 2 is 1.62 bits per heavy atom. The molecule has 0 saturated carbocycles. The van der Waals surface area contributed by atoms with Gasteiger partial charge in [0.1, 0.15) is 0 Å². The molecule has 1 aromatic heterocycles. The Kier molecular flexibility index (Phi) is 8.05. The lowest BCUT2D eigenvalue weighted by Crippen LogP contribution is -2.50. The highest BCUT2D eigenvalue weighted by atomic mass is 32.1. The number of carbonyl (C=O) groups excluding carboxylic acids is 2. The van der Waals surface area contributed by atoms with Crippen LogP contribution in [-0.4, -0.2) is 71.3 Å². The van der Waals surface area contributed by atoms with E-state index >= 15 is 0 Å². The molecule has 1 fully saturated rings. The van der Waals surface area contributed by atoms with Crippen LogP contribution in [0.1, 0.15) is 18.2 Å². The molecule has 2 heterocycles. The topological polar surface area (TPSA) is 60.0 Å². The molecular weight excluding hydrogens is 446 g/mol. The first kappa shape index (κ1) is 24.1. The number of benzene rings is 2. The van der Waals surface area contributed by atoms with Crippen molar-refractivity contribution in [2.24, 2.45) is 0 Å². The van der Waals surface area contributed by atoms with E-state index in [1.807, 2.05) is 58.6 Å². The third-order valence-electron chi connectivity index (χ3n) is 5.87. The summed E-state index contributed by atoms with van der Waals surface area (Å²) in [4.78, 5) is 37.7. The summed E-state index contributed by atoms with van der Waals surface area (Å²) in [6.45, 7) is 6.65. The molecular formula is C26H31N5O2S. The quantitative estimate of drug-likeness (QED) is 0.496. The molecule has 8 heteroatoms. The summed E-state index contributed by atoms with van der Waals surface area (Å²) >= 11 is 1.44. The zero-order valence-electron chi connectivity index (χ0n) is 19.8. The molecule has 0 spiro atoms. The molecule has 178 valence electrons. The van der Waals surface area contributed by atoms with Crippen LogP contribution in [0.4, 0.5) is 10.8 Å². The highest BCUT2D eigenvalue weighted by molar-refractivity contribution is 7.14. The van der Waals surface area contributed by atoms with E-state index in [1.54, 1.807) is 11.8 Å². The number of hydrogen-bond acceptors (Lipinski definition) is 6. The van der Waals surface area contributed by atoms with E-state index in [0.29, 0.717) is 18.2 Å². The number of hydrogen-bond donors (Lipinski definition) is 0. The highest BCUT2D eigenvalue weighted by Crippen LogP contribution is 2.29. The molecule has 34 heavy (non-hydrogen) atoms. The van der Waals surface area contributed by atoms with Crippen LogP contribution in [0.15, 0.2) is 66.0 Å². The van der Waals surface area contributed by atoms with Crippen LogP contribution in [0.2, 0.25) is 0 Å². The Bertz CT molecular complexity index is 1080. The highest BCUT2D eigenvalue weighted by Gasteiger charge is 2.23. The molecule has 2 amide bonds. The molecule has 3 aromatic rings. The summed E-state index contributed by atoms with van der Waals surface area (Å²) < 4.78 is 0. The second-order valence-corrected chi connectivity index (χ2v) is 9.46. The van der Waals surface area contributed by atoms with E-state index in [9.17, 15) is 9.59 Å². The lowest BCUT2D eigenvalue weighted by atomic mass is 10.2. The van der Waals surface area contributed by atoms with E-state index in [2.05, 4.69) is 34.1 Å². The van der Waals surface area contributed by atoms with Crippen molar-refractivity contribution >= 4 is 34.0 Å². The Balaban J connectivity index is 1.27. The molecule has 1 aliphatic heterocycles. The van der Waals surface area contributed by atoms with Crippen LogP contribution in [0.25, 0.3) is 0 Å². The molecule has 7 nitrogen and oxygen atoms in total. The molecule has 0 atom stereocenters. The van der Waals surface area contributed by atoms with Gasteiger partial charge in [-0.25, -0.2) is 4.98 Å². The van der Waals surface area contributed by atoms with Crippen LogP contribution in [0, 0.1) is 0 Å². The Labute approximate surface area is 205 Å². The molecule has 0 aliphatic carbocycles. The van der Waals surface area contributed by atoms with Crippen LogP contribution < -0.4 is 4.90 Å². The Morgan fingerprint density at radius 1 is 0.971 bits per heavy atom. The molecule has 0 unspecified atom stereocenters. The molecule has 0 N–H and O–H groups in total. The average Bonchev–Trinajstić information content (AvgIpc) is 3.28. The number of aromatic nitrogens is 1. The number of piperazine rings is 1. The van der Waals surface area contributed by atoms with Crippen LogP contribution >= 0.6 is 11.3 Å². The minimum absolute atomic E-state index is 0.0814. The van der Waals surface area contributed by atoms with E-state index in [1.165, 1.54) is 16.9 Å². The minimum atomic E-state index is -0.0814. The largest absolute Gasteiger partial charge is 0.339 e. The van der Waals surface area contributed by atoms with Gasteiger partial charge in [0.05, 0.1) is 17.9 Å².